The zero-order valence-electron chi connectivity index (χ0n) is 10.6. The molecule has 0 spiro atoms. The Morgan fingerprint density at radius 3 is 2.43 bits per heavy atom. The highest BCUT2D eigenvalue weighted by atomic mass is 35.5. The number of halogens is 1. The molecule has 0 heterocycles. The molecule has 0 aliphatic heterocycles. The molecule has 0 saturated heterocycles. The van der Waals surface area contributed by atoms with Gasteiger partial charge in [0, 0.05) is 11.3 Å². The minimum absolute atomic E-state index is 0.0696. The summed E-state index contributed by atoms with van der Waals surface area (Å²) in [5.41, 5.74) is 1.07. The first-order chi connectivity index (χ1) is 10.0. The van der Waals surface area contributed by atoms with Crippen LogP contribution in [0.2, 0.25) is 5.02 Å². The van der Waals surface area contributed by atoms with Crippen LogP contribution >= 0.6 is 11.6 Å². The minimum Gasteiger partial charge on any atom is -0.506 e. The summed E-state index contributed by atoms with van der Waals surface area (Å²) in [7, 11) is 0. The highest BCUT2D eigenvalue weighted by Gasteiger charge is 2.10. The molecule has 0 fully saturated rings. The molecular formula is C15H8ClN3O2. The molecule has 2 N–H and O–H groups in total. The number of carbonyl (C=O) groups is 1. The Labute approximate surface area is 125 Å². The second kappa shape index (κ2) is 5.96. The van der Waals surface area contributed by atoms with E-state index in [1.165, 1.54) is 36.4 Å². The number of amides is 1. The number of phenols is 1. The molecule has 2 rings (SSSR count). The predicted molar refractivity (Wildman–Crippen MR) is 76.9 cm³/mol. The summed E-state index contributed by atoms with van der Waals surface area (Å²) < 4.78 is 0. The lowest BCUT2D eigenvalue weighted by Gasteiger charge is -2.07. The summed E-state index contributed by atoms with van der Waals surface area (Å²) in [4.78, 5) is 12.0. The van der Waals surface area contributed by atoms with Crippen molar-refractivity contribution in [2.24, 2.45) is 0 Å². The smallest absolute Gasteiger partial charge is 0.255 e. The summed E-state index contributed by atoms with van der Waals surface area (Å²) in [6.07, 6.45) is 0. The molecule has 21 heavy (non-hydrogen) atoms. The first-order valence-corrected chi connectivity index (χ1v) is 6.17. The van der Waals surface area contributed by atoms with Gasteiger partial charge >= 0.3 is 0 Å². The zero-order chi connectivity index (χ0) is 15.4. The van der Waals surface area contributed by atoms with Gasteiger partial charge < -0.3 is 10.4 Å². The fourth-order valence-electron chi connectivity index (χ4n) is 1.66. The second-order valence-electron chi connectivity index (χ2n) is 4.10. The normalized spacial score (nSPS) is 9.48. The molecule has 5 nitrogen and oxygen atoms in total. The van der Waals surface area contributed by atoms with Gasteiger partial charge in [-0.2, -0.15) is 10.5 Å². The van der Waals surface area contributed by atoms with Crippen LogP contribution in [0.3, 0.4) is 0 Å². The number of nitrogens with zero attached hydrogens (tertiary/aromatic N) is 2. The van der Waals surface area contributed by atoms with Crippen LogP contribution in [-0.4, -0.2) is 11.0 Å². The Kier molecular flexibility index (Phi) is 4.08. The molecular weight excluding hydrogens is 290 g/mol. The quantitative estimate of drug-likeness (QED) is 0.890. The van der Waals surface area contributed by atoms with Crippen molar-refractivity contribution in [1.82, 2.24) is 0 Å². The van der Waals surface area contributed by atoms with E-state index in [0.29, 0.717) is 5.69 Å². The summed E-state index contributed by atoms with van der Waals surface area (Å²) in [5, 5.41) is 29.7. The SMILES string of the molecule is N#Cc1ccc(NC(=O)c2ccc(O)c(Cl)c2)cc1C#N. The van der Waals surface area contributed by atoms with Crippen LogP contribution in [0, 0.1) is 22.7 Å². The van der Waals surface area contributed by atoms with Gasteiger partial charge in [0.05, 0.1) is 16.1 Å². The lowest BCUT2D eigenvalue weighted by Crippen LogP contribution is -2.12. The zero-order valence-corrected chi connectivity index (χ0v) is 11.3. The molecule has 2 aromatic carbocycles. The third-order valence-corrected chi connectivity index (χ3v) is 3.03. The van der Waals surface area contributed by atoms with Crippen LogP contribution in [0.15, 0.2) is 36.4 Å². The molecule has 0 unspecified atom stereocenters. The van der Waals surface area contributed by atoms with Crippen molar-refractivity contribution in [3.8, 4) is 17.9 Å². The van der Waals surface area contributed by atoms with Gasteiger partial charge in [-0.25, -0.2) is 0 Å². The maximum Gasteiger partial charge on any atom is 0.255 e. The summed E-state index contributed by atoms with van der Waals surface area (Å²) in [6.45, 7) is 0. The Morgan fingerprint density at radius 1 is 1.10 bits per heavy atom. The average molecular weight is 298 g/mol. The molecule has 0 saturated carbocycles. The van der Waals surface area contributed by atoms with Gasteiger partial charge in [-0.3, -0.25) is 4.79 Å². The van der Waals surface area contributed by atoms with E-state index in [0.717, 1.165) is 0 Å². The van der Waals surface area contributed by atoms with Crippen molar-refractivity contribution in [3.05, 3.63) is 58.1 Å². The Hall–Kier alpha value is -3.02. The summed E-state index contributed by atoms with van der Waals surface area (Å²) >= 11 is 5.74. The van der Waals surface area contributed by atoms with Gasteiger partial charge in [-0.1, -0.05) is 11.6 Å². The minimum atomic E-state index is -0.439. The second-order valence-corrected chi connectivity index (χ2v) is 4.51. The van der Waals surface area contributed by atoms with Gasteiger partial charge in [-0.15, -0.1) is 0 Å². The van der Waals surface area contributed by atoms with E-state index in [9.17, 15) is 9.90 Å². The largest absolute Gasteiger partial charge is 0.506 e. The van der Waals surface area contributed by atoms with Crippen molar-refractivity contribution in [2.45, 2.75) is 0 Å². The third-order valence-electron chi connectivity index (χ3n) is 2.73. The van der Waals surface area contributed by atoms with Crippen LogP contribution < -0.4 is 5.32 Å². The third kappa shape index (κ3) is 3.11. The molecule has 0 aromatic heterocycles. The first-order valence-electron chi connectivity index (χ1n) is 5.79. The molecule has 2 aromatic rings. The number of rotatable bonds is 2. The Balaban J connectivity index is 2.26. The molecule has 0 bridgehead atoms. The lowest BCUT2D eigenvalue weighted by atomic mass is 10.1. The van der Waals surface area contributed by atoms with Crippen molar-refractivity contribution >= 4 is 23.2 Å². The Bertz CT molecular complexity index is 804. The molecule has 102 valence electrons. The van der Waals surface area contributed by atoms with E-state index in [1.54, 1.807) is 0 Å². The maximum absolute atomic E-state index is 12.0. The maximum atomic E-state index is 12.0. The number of phenolic OH excluding ortho intramolecular Hbond substituents is 1. The molecule has 1 amide bonds. The number of anilines is 1. The Morgan fingerprint density at radius 2 is 1.81 bits per heavy atom. The van der Waals surface area contributed by atoms with E-state index in [1.807, 2.05) is 12.1 Å². The average Bonchev–Trinajstić information content (AvgIpc) is 2.49. The lowest BCUT2D eigenvalue weighted by molar-refractivity contribution is 0.102. The highest BCUT2D eigenvalue weighted by molar-refractivity contribution is 6.32. The fourth-order valence-corrected chi connectivity index (χ4v) is 1.84. The van der Waals surface area contributed by atoms with Crippen LogP contribution in [0.1, 0.15) is 21.5 Å². The fraction of sp³-hybridized carbons (Fsp3) is 0. The van der Waals surface area contributed by atoms with Gasteiger partial charge in [0.2, 0.25) is 0 Å². The monoisotopic (exact) mass is 297 g/mol. The van der Waals surface area contributed by atoms with E-state index in [-0.39, 0.29) is 27.5 Å². The first kappa shape index (κ1) is 14.4. The van der Waals surface area contributed by atoms with E-state index in [2.05, 4.69) is 5.32 Å². The molecule has 0 aliphatic rings. The molecule has 0 radical (unpaired) electrons. The van der Waals surface area contributed by atoms with E-state index >= 15 is 0 Å². The van der Waals surface area contributed by atoms with Crippen LogP contribution in [-0.2, 0) is 0 Å². The van der Waals surface area contributed by atoms with Gasteiger partial charge in [-0.05, 0) is 36.4 Å². The van der Waals surface area contributed by atoms with Crippen molar-refractivity contribution in [2.75, 3.05) is 5.32 Å². The number of nitrogens with one attached hydrogen (secondary N) is 1. The van der Waals surface area contributed by atoms with Crippen molar-refractivity contribution in [3.63, 3.8) is 0 Å². The molecule has 6 heteroatoms. The number of hydrogen-bond acceptors (Lipinski definition) is 4. The number of hydrogen-bond donors (Lipinski definition) is 2. The predicted octanol–water partition coefficient (Wildman–Crippen LogP) is 3.04. The molecule has 0 atom stereocenters. The number of aromatic hydroxyl groups is 1. The summed E-state index contributed by atoms with van der Waals surface area (Å²) in [6, 6.07) is 12.3. The van der Waals surface area contributed by atoms with Gasteiger partial charge in [0.15, 0.2) is 0 Å². The van der Waals surface area contributed by atoms with Crippen LogP contribution in [0.25, 0.3) is 0 Å². The van der Waals surface area contributed by atoms with Crippen LogP contribution in [0.4, 0.5) is 5.69 Å². The van der Waals surface area contributed by atoms with Crippen molar-refractivity contribution in [1.29, 1.82) is 10.5 Å². The highest BCUT2D eigenvalue weighted by Crippen LogP contribution is 2.24. The summed E-state index contributed by atoms with van der Waals surface area (Å²) in [5.74, 6) is -0.552. The number of benzene rings is 2. The van der Waals surface area contributed by atoms with E-state index in [4.69, 9.17) is 22.1 Å². The van der Waals surface area contributed by atoms with Gasteiger partial charge in [0.1, 0.15) is 17.9 Å². The molecule has 0 aliphatic carbocycles. The topological polar surface area (TPSA) is 96.9 Å². The number of carbonyl (C=O) groups excluding carboxylic acids is 1. The standard InChI is InChI=1S/C15H8ClN3O2/c16-13-6-9(2-4-14(13)20)15(21)19-12-3-1-10(7-17)11(5-12)8-18/h1-6,20H,(H,19,21). The van der Waals surface area contributed by atoms with E-state index < -0.39 is 5.91 Å². The number of nitriles is 2. The van der Waals surface area contributed by atoms with Crippen LogP contribution in [0.5, 0.6) is 5.75 Å². The van der Waals surface area contributed by atoms with Crippen molar-refractivity contribution < 1.29 is 9.90 Å². The van der Waals surface area contributed by atoms with Gasteiger partial charge in [0.25, 0.3) is 5.91 Å².